The molecule has 9 heteroatoms. The van der Waals surface area contributed by atoms with Crippen molar-refractivity contribution in [2.24, 2.45) is 0 Å². The third-order valence-electron chi connectivity index (χ3n) is 3.20. The van der Waals surface area contributed by atoms with E-state index < -0.39 is 0 Å². The van der Waals surface area contributed by atoms with Crippen molar-refractivity contribution in [1.29, 1.82) is 0 Å². The fraction of sp³-hybridized carbons (Fsp3) is 0.188. The van der Waals surface area contributed by atoms with E-state index in [-0.39, 0.29) is 24.1 Å². The minimum absolute atomic E-state index is 0.102. The van der Waals surface area contributed by atoms with E-state index in [1.807, 2.05) is 0 Å². The lowest BCUT2D eigenvalue weighted by Gasteiger charge is -2.05. The highest BCUT2D eigenvalue weighted by Crippen LogP contribution is 2.12. The van der Waals surface area contributed by atoms with E-state index in [0.717, 1.165) is 0 Å². The predicted octanol–water partition coefficient (Wildman–Crippen LogP) is 2.11. The van der Waals surface area contributed by atoms with Crippen molar-refractivity contribution in [2.45, 2.75) is 13.5 Å². The Balaban J connectivity index is 1.56. The number of hydrogen-bond donors (Lipinski definition) is 1. The van der Waals surface area contributed by atoms with Crippen LogP contribution in [-0.2, 0) is 18.2 Å². The lowest BCUT2D eigenvalue weighted by molar-refractivity contribution is 0.102. The van der Waals surface area contributed by atoms with Gasteiger partial charge >= 0.3 is 0 Å². The summed E-state index contributed by atoms with van der Waals surface area (Å²) in [5.41, 5.74) is 0.779. The van der Waals surface area contributed by atoms with E-state index >= 15 is 0 Å². The molecule has 3 rings (SSSR count). The molecule has 0 atom stereocenters. The molecular formula is C16H16FN5O3. The van der Waals surface area contributed by atoms with Crippen LogP contribution < -0.4 is 10.1 Å². The summed E-state index contributed by atoms with van der Waals surface area (Å²) in [6.45, 7) is 0.399. The van der Waals surface area contributed by atoms with Gasteiger partial charge in [0, 0.05) is 13.3 Å². The Morgan fingerprint density at radius 3 is 2.76 bits per heavy atom. The van der Waals surface area contributed by atoms with Crippen LogP contribution in [-0.4, -0.2) is 32.6 Å². The molecule has 0 unspecified atom stereocenters. The normalized spacial score (nSPS) is 10.6. The lowest BCUT2D eigenvalue weighted by Crippen LogP contribution is -2.14. The standard InChI is InChI=1S/C16H16FN5O3/c1-24-10-22-9-13(8-18-22)19-16(23)15-6-7-21(20-15)11-25-14-4-2-12(17)3-5-14/h2-9H,10-11H2,1H3,(H,19,23). The second-order valence-electron chi connectivity index (χ2n) is 5.11. The average molecular weight is 345 g/mol. The first kappa shape index (κ1) is 16.7. The smallest absolute Gasteiger partial charge is 0.276 e. The highest BCUT2D eigenvalue weighted by Gasteiger charge is 2.11. The number of methoxy groups -OCH3 is 1. The molecule has 130 valence electrons. The zero-order valence-corrected chi connectivity index (χ0v) is 13.4. The number of nitrogens with zero attached hydrogens (tertiary/aromatic N) is 4. The van der Waals surface area contributed by atoms with Crippen LogP contribution >= 0.6 is 0 Å². The van der Waals surface area contributed by atoms with Crippen molar-refractivity contribution in [1.82, 2.24) is 19.6 Å². The summed E-state index contributed by atoms with van der Waals surface area (Å²) in [5.74, 6) is -0.190. The zero-order valence-electron chi connectivity index (χ0n) is 13.4. The van der Waals surface area contributed by atoms with Crippen LogP contribution in [0.15, 0.2) is 48.9 Å². The largest absolute Gasteiger partial charge is 0.471 e. The summed E-state index contributed by atoms with van der Waals surface area (Å²) in [4.78, 5) is 12.2. The van der Waals surface area contributed by atoms with Crippen LogP contribution in [0.3, 0.4) is 0 Å². The van der Waals surface area contributed by atoms with E-state index in [2.05, 4.69) is 15.5 Å². The van der Waals surface area contributed by atoms with Crippen molar-refractivity contribution in [3.05, 3.63) is 60.4 Å². The van der Waals surface area contributed by atoms with Crippen molar-refractivity contribution in [3.8, 4) is 5.75 Å². The molecule has 0 radical (unpaired) electrons. The summed E-state index contributed by atoms with van der Waals surface area (Å²) in [5, 5.41) is 10.9. The summed E-state index contributed by atoms with van der Waals surface area (Å²) in [6.07, 6.45) is 4.79. The topological polar surface area (TPSA) is 83.2 Å². The SMILES string of the molecule is COCn1cc(NC(=O)c2ccn(COc3ccc(F)cc3)n2)cn1. The fourth-order valence-electron chi connectivity index (χ4n) is 2.05. The summed E-state index contributed by atoms with van der Waals surface area (Å²) in [7, 11) is 1.56. The lowest BCUT2D eigenvalue weighted by atomic mass is 10.3. The molecule has 0 saturated heterocycles. The van der Waals surface area contributed by atoms with E-state index in [1.54, 1.807) is 30.3 Å². The predicted molar refractivity (Wildman–Crippen MR) is 86.4 cm³/mol. The molecule has 1 amide bonds. The molecule has 2 aromatic heterocycles. The molecule has 25 heavy (non-hydrogen) atoms. The first-order valence-corrected chi connectivity index (χ1v) is 7.38. The Morgan fingerprint density at radius 2 is 2.00 bits per heavy atom. The quantitative estimate of drug-likeness (QED) is 0.709. The van der Waals surface area contributed by atoms with Gasteiger partial charge in [0.2, 0.25) is 0 Å². The summed E-state index contributed by atoms with van der Waals surface area (Å²) < 4.78 is 26.3. The van der Waals surface area contributed by atoms with Crippen LogP contribution in [0, 0.1) is 5.82 Å². The second-order valence-corrected chi connectivity index (χ2v) is 5.11. The van der Waals surface area contributed by atoms with Gasteiger partial charge in [0.1, 0.15) is 18.3 Å². The minimum atomic E-state index is -0.363. The van der Waals surface area contributed by atoms with Crippen LogP contribution in [0.5, 0.6) is 5.75 Å². The molecule has 1 aromatic carbocycles. The maximum atomic E-state index is 12.8. The molecule has 0 bridgehead atoms. The number of anilines is 1. The van der Waals surface area contributed by atoms with Crippen molar-refractivity contribution >= 4 is 11.6 Å². The highest BCUT2D eigenvalue weighted by molar-refractivity contribution is 6.02. The maximum Gasteiger partial charge on any atom is 0.276 e. The average Bonchev–Trinajstić information content (AvgIpc) is 3.24. The van der Waals surface area contributed by atoms with Gasteiger partial charge in [0.05, 0.1) is 18.1 Å². The Morgan fingerprint density at radius 1 is 1.20 bits per heavy atom. The Kier molecular flexibility index (Phi) is 5.05. The zero-order chi connectivity index (χ0) is 17.6. The molecule has 0 aliphatic carbocycles. The van der Waals surface area contributed by atoms with Gasteiger partial charge in [0.25, 0.3) is 5.91 Å². The third kappa shape index (κ3) is 4.42. The number of hydrogen-bond acceptors (Lipinski definition) is 5. The number of aromatic nitrogens is 4. The monoisotopic (exact) mass is 345 g/mol. The minimum Gasteiger partial charge on any atom is -0.471 e. The number of carbonyl (C=O) groups is 1. The van der Waals surface area contributed by atoms with E-state index in [0.29, 0.717) is 18.2 Å². The van der Waals surface area contributed by atoms with Gasteiger partial charge in [-0.2, -0.15) is 10.2 Å². The van der Waals surface area contributed by atoms with Gasteiger partial charge < -0.3 is 14.8 Å². The molecule has 0 fully saturated rings. The number of benzene rings is 1. The molecule has 8 nitrogen and oxygen atoms in total. The van der Waals surface area contributed by atoms with Crippen LogP contribution in [0.1, 0.15) is 10.5 Å². The second kappa shape index (κ2) is 7.58. The number of amides is 1. The van der Waals surface area contributed by atoms with Gasteiger partial charge in [0.15, 0.2) is 12.4 Å². The van der Waals surface area contributed by atoms with Crippen molar-refractivity contribution < 1.29 is 18.7 Å². The van der Waals surface area contributed by atoms with E-state index in [1.165, 1.54) is 35.1 Å². The van der Waals surface area contributed by atoms with Gasteiger partial charge in [-0.05, 0) is 30.3 Å². The first-order chi connectivity index (χ1) is 12.1. The molecule has 0 spiro atoms. The number of ether oxygens (including phenoxy) is 2. The molecule has 2 heterocycles. The first-order valence-electron chi connectivity index (χ1n) is 7.38. The van der Waals surface area contributed by atoms with Crippen LogP contribution in [0.2, 0.25) is 0 Å². The van der Waals surface area contributed by atoms with Gasteiger partial charge in [-0.15, -0.1) is 0 Å². The number of halogens is 1. The molecule has 1 N–H and O–H groups in total. The van der Waals surface area contributed by atoms with Gasteiger partial charge in [-0.3, -0.25) is 4.79 Å². The Bertz CT molecular complexity index is 844. The number of nitrogens with one attached hydrogen (secondary N) is 1. The number of rotatable bonds is 7. The molecule has 3 aromatic rings. The summed E-state index contributed by atoms with van der Waals surface area (Å²) >= 11 is 0. The van der Waals surface area contributed by atoms with Crippen molar-refractivity contribution in [2.75, 3.05) is 12.4 Å². The van der Waals surface area contributed by atoms with Crippen molar-refractivity contribution in [3.63, 3.8) is 0 Å². The van der Waals surface area contributed by atoms with Crippen LogP contribution in [0.4, 0.5) is 10.1 Å². The van der Waals surface area contributed by atoms with E-state index in [4.69, 9.17) is 9.47 Å². The maximum absolute atomic E-state index is 12.8. The highest BCUT2D eigenvalue weighted by atomic mass is 19.1. The van der Waals surface area contributed by atoms with E-state index in [9.17, 15) is 9.18 Å². The molecule has 0 aliphatic rings. The van der Waals surface area contributed by atoms with Crippen LogP contribution in [0.25, 0.3) is 0 Å². The van der Waals surface area contributed by atoms with Gasteiger partial charge in [-0.1, -0.05) is 0 Å². The Labute approximate surface area is 142 Å². The van der Waals surface area contributed by atoms with Gasteiger partial charge in [-0.25, -0.2) is 13.8 Å². The molecular weight excluding hydrogens is 329 g/mol. The third-order valence-corrected chi connectivity index (χ3v) is 3.20. The Hall–Kier alpha value is -3.20. The fourth-order valence-corrected chi connectivity index (χ4v) is 2.05. The molecule has 0 saturated carbocycles. The molecule has 0 aliphatic heterocycles. The number of carbonyl (C=O) groups excluding carboxylic acids is 1. The summed E-state index contributed by atoms with van der Waals surface area (Å²) in [6, 6.07) is 7.22.